The standard InChI is InChI=1S/C17H18N6/c1-3-22(11-13(2)9-18)16-15-10-21-23(17(15)20-12-19-16)14-7-5-4-6-8-14/h4-8,10,12-13H,3,11H2,1-2H3. The molecule has 0 amide bonds. The van der Waals surface area contributed by atoms with Gasteiger partial charge in [-0.05, 0) is 26.0 Å². The van der Waals surface area contributed by atoms with Crippen molar-refractivity contribution >= 4 is 16.9 Å². The van der Waals surface area contributed by atoms with E-state index in [1.807, 2.05) is 41.9 Å². The van der Waals surface area contributed by atoms with Gasteiger partial charge in [-0.1, -0.05) is 18.2 Å². The van der Waals surface area contributed by atoms with Crippen molar-refractivity contribution in [2.24, 2.45) is 5.92 Å². The summed E-state index contributed by atoms with van der Waals surface area (Å²) < 4.78 is 1.81. The van der Waals surface area contributed by atoms with Crippen LogP contribution in [0.15, 0.2) is 42.9 Å². The molecule has 0 radical (unpaired) electrons. The van der Waals surface area contributed by atoms with Crippen molar-refractivity contribution in [1.82, 2.24) is 19.7 Å². The second-order valence-corrected chi connectivity index (χ2v) is 5.40. The van der Waals surface area contributed by atoms with Gasteiger partial charge in [0.05, 0.1) is 29.3 Å². The molecule has 3 rings (SSSR count). The monoisotopic (exact) mass is 306 g/mol. The van der Waals surface area contributed by atoms with Crippen LogP contribution in [0.3, 0.4) is 0 Å². The fraction of sp³-hybridized carbons (Fsp3) is 0.294. The minimum absolute atomic E-state index is 0.0656. The lowest BCUT2D eigenvalue weighted by Gasteiger charge is -2.23. The Hall–Kier alpha value is -2.94. The molecule has 1 unspecified atom stereocenters. The number of nitriles is 1. The van der Waals surface area contributed by atoms with Crippen molar-refractivity contribution in [3.63, 3.8) is 0 Å². The number of benzene rings is 1. The molecule has 0 N–H and O–H groups in total. The van der Waals surface area contributed by atoms with E-state index in [9.17, 15) is 0 Å². The molecule has 1 aromatic carbocycles. The maximum Gasteiger partial charge on any atom is 0.168 e. The Morgan fingerprint density at radius 3 is 2.74 bits per heavy atom. The molecule has 0 aliphatic rings. The zero-order valence-corrected chi connectivity index (χ0v) is 13.2. The first kappa shape index (κ1) is 15.0. The van der Waals surface area contributed by atoms with E-state index in [1.165, 1.54) is 0 Å². The van der Waals surface area contributed by atoms with Crippen molar-refractivity contribution in [2.45, 2.75) is 13.8 Å². The lowest BCUT2D eigenvalue weighted by atomic mass is 10.2. The molecule has 2 aromatic heterocycles. The van der Waals surface area contributed by atoms with Crippen LogP contribution in [0, 0.1) is 17.2 Å². The third-order valence-corrected chi connectivity index (χ3v) is 3.74. The Morgan fingerprint density at radius 1 is 1.26 bits per heavy atom. The average molecular weight is 306 g/mol. The molecule has 0 fully saturated rings. The highest BCUT2D eigenvalue weighted by molar-refractivity contribution is 5.87. The molecule has 2 heterocycles. The van der Waals surface area contributed by atoms with Crippen molar-refractivity contribution in [3.8, 4) is 11.8 Å². The van der Waals surface area contributed by atoms with Gasteiger partial charge in [0.15, 0.2) is 5.65 Å². The number of nitrogens with zero attached hydrogens (tertiary/aromatic N) is 6. The predicted molar refractivity (Wildman–Crippen MR) is 89.3 cm³/mol. The minimum atomic E-state index is -0.0656. The fourth-order valence-electron chi connectivity index (χ4n) is 2.58. The number of hydrogen-bond donors (Lipinski definition) is 0. The molecule has 6 nitrogen and oxygen atoms in total. The number of anilines is 1. The number of fused-ring (bicyclic) bond motifs is 1. The second kappa shape index (κ2) is 6.44. The quantitative estimate of drug-likeness (QED) is 0.725. The summed E-state index contributed by atoms with van der Waals surface area (Å²) in [4.78, 5) is 10.9. The molecule has 116 valence electrons. The van der Waals surface area contributed by atoms with E-state index in [2.05, 4.69) is 33.0 Å². The first-order chi connectivity index (χ1) is 11.2. The van der Waals surface area contributed by atoms with E-state index in [0.29, 0.717) is 6.54 Å². The maximum atomic E-state index is 9.07. The third-order valence-electron chi connectivity index (χ3n) is 3.74. The molecular formula is C17H18N6. The van der Waals surface area contributed by atoms with Gasteiger partial charge in [0.25, 0.3) is 0 Å². The molecular weight excluding hydrogens is 288 g/mol. The van der Waals surface area contributed by atoms with E-state index >= 15 is 0 Å². The molecule has 0 bridgehead atoms. The highest BCUT2D eigenvalue weighted by Crippen LogP contribution is 2.25. The summed E-state index contributed by atoms with van der Waals surface area (Å²) >= 11 is 0. The normalized spacial score (nSPS) is 12.0. The molecule has 0 aliphatic heterocycles. The zero-order chi connectivity index (χ0) is 16.2. The van der Waals surface area contributed by atoms with E-state index in [-0.39, 0.29) is 5.92 Å². The molecule has 0 aliphatic carbocycles. The summed E-state index contributed by atoms with van der Waals surface area (Å²) in [6.45, 7) is 5.37. The minimum Gasteiger partial charge on any atom is -0.355 e. The van der Waals surface area contributed by atoms with Gasteiger partial charge in [-0.25, -0.2) is 14.6 Å². The maximum absolute atomic E-state index is 9.07. The topological polar surface area (TPSA) is 70.6 Å². The lowest BCUT2D eigenvalue weighted by molar-refractivity contribution is 0.681. The summed E-state index contributed by atoms with van der Waals surface area (Å²) in [5, 5.41) is 14.4. The van der Waals surface area contributed by atoms with Crippen molar-refractivity contribution in [3.05, 3.63) is 42.9 Å². The molecule has 0 saturated carbocycles. The first-order valence-electron chi connectivity index (χ1n) is 7.63. The summed E-state index contributed by atoms with van der Waals surface area (Å²) in [5.41, 5.74) is 1.73. The van der Waals surface area contributed by atoms with Crippen LogP contribution in [-0.2, 0) is 0 Å². The van der Waals surface area contributed by atoms with Crippen LogP contribution in [0.25, 0.3) is 16.7 Å². The summed E-state index contributed by atoms with van der Waals surface area (Å²) in [7, 11) is 0. The van der Waals surface area contributed by atoms with Gasteiger partial charge in [-0.2, -0.15) is 10.4 Å². The molecule has 23 heavy (non-hydrogen) atoms. The Kier molecular flexibility index (Phi) is 4.20. The number of aromatic nitrogens is 4. The fourth-order valence-corrected chi connectivity index (χ4v) is 2.58. The molecule has 0 saturated heterocycles. The van der Waals surface area contributed by atoms with Gasteiger partial charge in [0, 0.05) is 13.1 Å². The van der Waals surface area contributed by atoms with Gasteiger partial charge in [-0.3, -0.25) is 0 Å². The number of para-hydroxylation sites is 1. The predicted octanol–water partition coefficient (Wildman–Crippen LogP) is 2.80. The van der Waals surface area contributed by atoms with Crippen LogP contribution in [0.2, 0.25) is 0 Å². The van der Waals surface area contributed by atoms with Crippen molar-refractivity contribution in [2.75, 3.05) is 18.0 Å². The smallest absolute Gasteiger partial charge is 0.168 e. The molecule has 6 heteroatoms. The average Bonchev–Trinajstić information content (AvgIpc) is 3.04. The first-order valence-corrected chi connectivity index (χ1v) is 7.63. The Balaban J connectivity index is 2.07. The molecule has 3 aromatic rings. The number of rotatable bonds is 5. The van der Waals surface area contributed by atoms with Gasteiger partial charge in [-0.15, -0.1) is 0 Å². The van der Waals surface area contributed by atoms with E-state index in [1.54, 1.807) is 12.5 Å². The van der Waals surface area contributed by atoms with E-state index < -0.39 is 0 Å². The second-order valence-electron chi connectivity index (χ2n) is 5.40. The van der Waals surface area contributed by atoms with Crippen molar-refractivity contribution < 1.29 is 0 Å². The highest BCUT2D eigenvalue weighted by atomic mass is 15.3. The van der Waals surface area contributed by atoms with Gasteiger partial charge in [0.2, 0.25) is 0 Å². The summed E-state index contributed by atoms with van der Waals surface area (Å²) in [6, 6.07) is 12.2. The Labute approximate surface area is 135 Å². The summed E-state index contributed by atoms with van der Waals surface area (Å²) in [5.74, 6) is 0.755. The van der Waals surface area contributed by atoms with E-state index in [4.69, 9.17) is 5.26 Å². The van der Waals surface area contributed by atoms with Gasteiger partial charge in [0.1, 0.15) is 12.1 Å². The van der Waals surface area contributed by atoms with Gasteiger partial charge < -0.3 is 4.90 Å². The van der Waals surface area contributed by atoms with Crippen LogP contribution in [0.5, 0.6) is 0 Å². The zero-order valence-electron chi connectivity index (χ0n) is 13.2. The van der Waals surface area contributed by atoms with Gasteiger partial charge >= 0.3 is 0 Å². The SMILES string of the molecule is CCN(CC(C)C#N)c1ncnc2c1cnn2-c1ccccc1. The number of hydrogen-bond acceptors (Lipinski definition) is 5. The Bertz CT molecular complexity index is 833. The van der Waals surface area contributed by atoms with Crippen LogP contribution < -0.4 is 4.90 Å². The summed E-state index contributed by atoms with van der Waals surface area (Å²) in [6.07, 6.45) is 3.34. The lowest BCUT2D eigenvalue weighted by Crippen LogP contribution is -2.28. The van der Waals surface area contributed by atoms with Crippen LogP contribution in [0.4, 0.5) is 5.82 Å². The van der Waals surface area contributed by atoms with Crippen LogP contribution in [-0.4, -0.2) is 32.8 Å². The van der Waals surface area contributed by atoms with E-state index in [0.717, 1.165) is 29.1 Å². The highest BCUT2D eigenvalue weighted by Gasteiger charge is 2.17. The largest absolute Gasteiger partial charge is 0.355 e. The third kappa shape index (κ3) is 2.86. The molecule has 1 atom stereocenters. The van der Waals surface area contributed by atoms with Crippen LogP contribution >= 0.6 is 0 Å². The van der Waals surface area contributed by atoms with Crippen molar-refractivity contribution in [1.29, 1.82) is 5.26 Å². The van der Waals surface area contributed by atoms with Crippen LogP contribution in [0.1, 0.15) is 13.8 Å². The Morgan fingerprint density at radius 2 is 2.04 bits per heavy atom. The molecule has 0 spiro atoms.